The Morgan fingerprint density at radius 3 is 2.58 bits per heavy atom. The molecule has 0 saturated heterocycles. The molecule has 1 amide bonds. The number of benzene rings is 2. The van der Waals surface area contributed by atoms with E-state index in [9.17, 15) is 4.79 Å². The van der Waals surface area contributed by atoms with Crippen LogP contribution in [-0.4, -0.2) is 25.0 Å². The van der Waals surface area contributed by atoms with Gasteiger partial charge >= 0.3 is 0 Å². The Morgan fingerprint density at radius 2 is 1.88 bits per heavy atom. The van der Waals surface area contributed by atoms with Crippen LogP contribution in [0.4, 0.5) is 5.69 Å². The SMILES string of the molecule is Cc1cccc(C(=O)NCCN=C(N)Nc2cccc(C(C)C)c2)c1.I. The number of anilines is 1. The highest BCUT2D eigenvalue weighted by atomic mass is 127. The molecule has 0 radical (unpaired) electrons. The summed E-state index contributed by atoms with van der Waals surface area (Å²) in [7, 11) is 0. The summed E-state index contributed by atoms with van der Waals surface area (Å²) >= 11 is 0. The maximum Gasteiger partial charge on any atom is 0.251 e. The minimum absolute atomic E-state index is 0. The maximum atomic E-state index is 12.0. The van der Waals surface area contributed by atoms with Crippen LogP contribution in [0.1, 0.15) is 41.3 Å². The second-order valence-electron chi connectivity index (χ2n) is 6.30. The average Bonchev–Trinajstić information content (AvgIpc) is 2.58. The largest absolute Gasteiger partial charge is 0.370 e. The third-order valence-corrected chi connectivity index (χ3v) is 3.79. The van der Waals surface area contributed by atoms with Crippen LogP contribution < -0.4 is 16.4 Å². The van der Waals surface area contributed by atoms with E-state index in [2.05, 4.69) is 41.6 Å². The molecule has 0 unspecified atom stereocenters. The molecule has 2 rings (SSSR count). The van der Waals surface area contributed by atoms with E-state index < -0.39 is 0 Å². The average molecular weight is 466 g/mol. The molecule has 0 bridgehead atoms. The molecule has 6 heteroatoms. The number of nitrogens with one attached hydrogen (secondary N) is 2. The number of carbonyl (C=O) groups is 1. The number of guanidine groups is 1. The van der Waals surface area contributed by atoms with Gasteiger partial charge in [-0.25, -0.2) is 0 Å². The molecule has 2 aromatic rings. The van der Waals surface area contributed by atoms with Gasteiger partial charge in [-0.3, -0.25) is 9.79 Å². The van der Waals surface area contributed by atoms with Gasteiger partial charge in [-0.05, 0) is 42.7 Å². The summed E-state index contributed by atoms with van der Waals surface area (Å²) in [6.07, 6.45) is 0. The Kier molecular flexibility index (Phi) is 9.12. The van der Waals surface area contributed by atoms with Crippen molar-refractivity contribution in [3.63, 3.8) is 0 Å². The molecule has 0 aliphatic carbocycles. The van der Waals surface area contributed by atoms with Gasteiger partial charge in [0.2, 0.25) is 0 Å². The van der Waals surface area contributed by atoms with Crippen molar-refractivity contribution >= 4 is 41.5 Å². The summed E-state index contributed by atoms with van der Waals surface area (Å²) in [5.41, 5.74) is 9.77. The van der Waals surface area contributed by atoms with Gasteiger partial charge in [-0.15, -0.1) is 24.0 Å². The number of nitrogens with two attached hydrogens (primary N) is 1. The van der Waals surface area contributed by atoms with Crippen molar-refractivity contribution in [3.05, 3.63) is 65.2 Å². The molecule has 0 heterocycles. The maximum absolute atomic E-state index is 12.0. The lowest BCUT2D eigenvalue weighted by Gasteiger charge is -2.10. The predicted octanol–water partition coefficient (Wildman–Crippen LogP) is 3.89. The van der Waals surface area contributed by atoms with Crippen LogP contribution in [-0.2, 0) is 0 Å². The van der Waals surface area contributed by atoms with Crippen LogP contribution in [0.15, 0.2) is 53.5 Å². The molecule has 0 aliphatic rings. The van der Waals surface area contributed by atoms with E-state index in [4.69, 9.17) is 5.73 Å². The lowest BCUT2D eigenvalue weighted by Crippen LogP contribution is -2.28. The van der Waals surface area contributed by atoms with Crippen molar-refractivity contribution in [1.29, 1.82) is 0 Å². The fourth-order valence-electron chi connectivity index (χ4n) is 2.40. The van der Waals surface area contributed by atoms with Gasteiger partial charge in [0.25, 0.3) is 5.91 Å². The summed E-state index contributed by atoms with van der Waals surface area (Å²) in [5.74, 6) is 0.692. The van der Waals surface area contributed by atoms with Gasteiger partial charge in [0.05, 0.1) is 6.54 Å². The quantitative estimate of drug-likeness (QED) is 0.262. The van der Waals surface area contributed by atoms with E-state index in [1.54, 1.807) is 6.07 Å². The van der Waals surface area contributed by atoms with Crippen molar-refractivity contribution in [1.82, 2.24) is 5.32 Å². The normalized spacial score (nSPS) is 11.0. The van der Waals surface area contributed by atoms with Crippen molar-refractivity contribution in [2.75, 3.05) is 18.4 Å². The van der Waals surface area contributed by atoms with Gasteiger partial charge in [0.15, 0.2) is 5.96 Å². The Labute approximate surface area is 172 Å². The van der Waals surface area contributed by atoms with Crippen LogP contribution in [0, 0.1) is 6.92 Å². The van der Waals surface area contributed by atoms with Crippen LogP contribution in [0.5, 0.6) is 0 Å². The number of nitrogens with zero attached hydrogens (tertiary/aromatic N) is 1. The second kappa shape index (κ2) is 10.8. The minimum atomic E-state index is -0.102. The van der Waals surface area contributed by atoms with Gasteiger partial charge in [0.1, 0.15) is 0 Å². The minimum Gasteiger partial charge on any atom is -0.370 e. The highest BCUT2D eigenvalue weighted by molar-refractivity contribution is 14.0. The molecule has 5 nitrogen and oxygen atoms in total. The smallest absolute Gasteiger partial charge is 0.251 e. The Hall–Kier alpha value is -2.09. The van der Waals surface area contributed by atoms with Crippen molar-refractivity contribution in [2.45, 2.75) is 26.7 Å². The van der Waals surface area contributed by atoms with Crippen molar-refractivity contribution in [2.24, 2.45) is 10.7 Å². The molecule has 0 fully saturated rings. The number of aryl methyl sites for hydroxylation is 1. The molecular weight excluding hydrogens is 439 g/mol. The number of aliphatic imine (C=N–C) groups is 1. The van der Waals surface area contributed by atoms with E-state index in [1.807, 2.05) is 37.3 Å². The molecule has 4 N–H and O–H groups in total. The molecule has 0 saturated carbocycles. The Balaban J connectivity index is 0.00000338. The first-order chi connectivity index (χ1) is 12.0. The third kappa shape index (κ3) is 7.03. The number of hydrogen-bond acceptors (Lipinski definition) is 2. The summed E-state index contributed by atoms with van der Waals surface area (Å²) in [6.45, 7) is 7.10. The molecule has 26 heavy (non-hydrogen) atoms. The van der Waals surface area contributed by atoms with Crippen molar-refractivity contribution < 1.29 is 4.79 Å². The zero-order valence-corrected chi connectivity index (χ0v) is 17.8. The Morgan fingerprint density at radius 1 is 1.15 bits per heavy atom. The summed E-state index contributed by atoms with van der Waals surface area (Å²) in [6, 6.07) is 15.6. The molecule has 140 valence electrons. The first kappa shape index (κ1) is 22.0. The fraction of sp³-hybridized carbons (Fsp3) is 0.300. The van der Waals surface area contributed by atoms with Gasteiger partial charge in [-0.2, -0.15) is 0 Å². The molecule has 0 aliphatic heterocycles. The summed E-state index contributed by atoms with van der Waals surface area (Å²) in [5, 5.41) is 5.92. The Bertz CT molecular complexity index is 759. The third-order valence-electron chi connectivity index (χ3n) is 3.79. The first-order valence-electron chi connectivity index (χ1n) is 8.47. The van der Waals surface area contributed by atoms with Crippen LogP contribution in [0.25, 0.3) is 0 Å². The highest BCUT2D eigenvalue weighted by Gasteiger charge is 2.04. The standard InChI is InChI=1S/C20H26N4O.HI/c1-14(2)16-7-5-9-18(13-16)24-20(21)23-11-10-22-19(25)17-8-4-6-15(3)12-17;/h4-9,12-14H,10-11H2,1-3H3,(H,22,25)(H3,21,23,24);1H. The number of amides is 1. The molecular formula is C20H27IN4O. The van der Waals surface area contributed by atoms with E-state index >= 15 is 0 Å². The van der Waals surface area contributed by atoms with Crippen LogP contribution in [0.3, 0.4) is 0 Å². The molecule has 0 aromatic heterocycles. The van der Waals surface area contributed by atoms with Gasteiger partial charge in [-0.1, -0.05) is 43.7 Å². The van der Waals surface area contributed by atoms with E-state index in [0.717, 1.165) is 11.3 Å². The van der Waals surface area contributed by atoms with Crippen molar-refractivity contribution in [3.8, 4) is 0 Å². The number of carbonyl (C=O) groups excluding carboxylic acids is 1. The molecule has 2 aromatic carbocycles. The lowest BCUT2D eigenvalue weighted by molar-refractivity contribution is 0.0954. The first-order valence-corrected chi connectivity index (χ1v) is 8.47. The zero-order chi connectivity index (χ0) is 18.2. The van der Waals surface area contributed by atoms with E-state index in [-0.39, 0.29) is 29.9 Å². The summed E-state index contributed by atoms with van der Waals surface area (Å²) in [4.78, 5) is 16.3. The zero-order valence-electron chi connectivity index (χ0n) is 15.5. The van der Waals surface area contributed by atoms with Gasteiger partial charge in [0, 0.05) is 17.8 Å². The lowest BCUT2D eigenvalue weighted by atomic mass is 10.0. The highest BCUT2D eigenvalue weighted by Crippen LogP contribution is 2.18. The number of halogens is 1. The van der Waals surface area contributed by atoms with E-state index in [0.29, 0.717) is 30.5 Å². The number of rotatable bonds is 6. The molecule has 0 spiro atoms. The molecule has 0 atom stereocenters. The van der Waals surface area contributed by atoms with E-state index in [1.165, 1.54) is 5.56 Å². The monoisotopic (exact) mass is 466 g/mol. The van der Waals surface area contributed by atoms with Gasteiger partial charge < -0.3 is 16.4 Å². The fourth-order valence-corrected chi connectivity index (χ4v) is 2.40. The predicted molar refractivity (Wildman–Crippen MR) is 120 cm³/mol. The topological polar surface area (TPSA) is 79.5 Å². The van der Waals surface area contributed by atoms with Crippen LogP contribution >= 0.6 is 24.0 Å². The number of hydrogen-bond donors (Lipinski definition) is 3. The second-order valence-corrected chi connectivity index (χ2v) is 6.30. The van der Waals surface area contributed by atoms with Crippen LogP contribution in [0.2, 0.25) is 0 Å². The summed E-state index contributed by atoms with van der Waals surface area (Å²) < 4.78 is 0.